The number of hydroxylamine groups is 1. The number of alkyl halides is 2. The van der Waals surface area contributed by atoms with Crippen LogP contribution in [0, 0.1) is 0 Å². The van der Waals surface area contributed by atoms with Gasteiger partial charge in [-0.15, -0.1) is 0 Å². The standard InChI is InChI=1S/C20H23BrF2NO5P/c1-3-14(2)29-30(26,27)20(22,23)17-10-9-15(13-18(17)21)11-12-24-28-19(25)16-7-5-4-6-8-16/h4-10,13-14,24H,3,11-12H2,1-2H3,(H,26,27). The van der Waals surface area contributed by atoms with E-state index in [1.54, 1.807) is 37.3 Å². The molecule has 0 aromatic heterocycles. The Morgan fingerprint density at radius 2 is 1.93 bits per heavy atom. The molecule has 2 aromatic carbocycles. The number of halogens is 3. The summed E-state index contributed by atoms with van der Waals surface area (Å²) in [6, 6.07) is 12.4. The first kappa shape index (κ1) is 24.6. The molecule has 0 aliphatic carbocycles. The van der Waals surface area contributed by atoms with Crippen molar-refractivity contribution in [1.29, 1.82) is 0 Å². The Hall–Kier alpha value is -1.64. The highest BCUT2D eigenvalue weighted by molar-refractivity contribution is 9.10. The van der Waals surface area contributed by atoms with E-state index in [-0.39, 0.29) is 11.0 Å². The molecule has 0 amide bonds. The zero-order valence-corrected chi connectivity index (χ0v) is 19.0. The van der Waals surface area contributed by atoms with E-state index in [1.165, 1.54) is 19.1 Å². The predicted molar refractivity (Wildman–Crippen MR) is 112 cm³/mol. The second-order valence-corrected chi connectivity index (χ2v) is 9.27. The third kappa shape index (κ3) is 6.18. The average Bonchev–Trinajstić information content (AvgIpc) is 2.71. The van der Waals surface area contributed by atoms with E-state index in [2.05, 4.69) is 21.4 Å². The van der Waals surface area contributed by atoms with Gasteiger partial charge in [0.15, 0.2) is 0 Å². The molecular formula is C20H23BrF2NO5P. The lowest BCUT2D eigenvalue weighted by atomic mass is 10.1. The fourth-order valence-electron chi connectivity index (χ4n) is 2.44. The summed E-state index contributed by atoms with van der Waals surface area (Å²) in [7, 11) is -5.23. The van der Waals surface area contributed by atoms with Crippen LogP contribution in [0.1, 0.15) is 41.8 Å². The van der Waals surface area contributed by atoms with Crippen molar-refractivity contribution in [2.45, 2.75) is 38.5 Å². The smallest absolute Gasteiger partial charge is 0.367 e. The van der Waals surface area contributed by atoms with Gasteiger partial charge in [-0.25, -0.2) is 4.79 Å². The molecule has 0 radical (unpaired) electrons. The molecule has 30 heavy (non-hydrogen) atoms. The summed E-state index contributed by atoms with van der Waals surface area (Å²) in [6.45, 7) is 3.36. The summed E-state index contributed by atoms with van der Waals surface area (Å²) < 4.78 is 46.1. The molecule has 2 unspecified atom stereocenters. The molecule has 0 bridgehead atoms. The van der Waals surface area contributed by atoms with Crippen LogP contribution in [-0.2, 0) is 26.0 Å². The molecule has 6 nitrogen and oxygen atoms in total. The van der Waals surface area contributed by atoms with Gasteiger partial charge in [-0.3, -0.25) is 4.57 Å². The Bertz CT molecular complexity index is 913. The van der Waals surface area contributed by atoms with Crippen LogP contribution in [-0.4, -0.2) is 23.5 Å². The van der Waals surface area contributed by atoms with Crippen LogP contribution in [0.2, 0.25) is 0 Å². The van der Waals surface area contributed by atoms with Crippen molar-refractivity contribution >= 4 is 29.5 Å². The Balaban J connectivity index is 1.97. The second-order valence-electron chi connectivity index (χ2n) is 6.60. The molecule has 2 rings (SSSR count). The molecule has 164 valence electrons. The summed E-state index contributed by atoms with van der Waals surface area (Å²) >= 11 is 3.05. The molecule has 0 fully saturated rings. The van der Waals surface area contributed by atoms with Gasteiger partial charge in [0.25, 0.3) is 0 Å². The molecule has 2 N–H and O–H groups in total. The van der Waals surface area contributed by atoms with Crippen LogP contribution >= 0.6 is 23.5 Å². The topological polar surface area (TPSA) is 84.9 Å². The van der Waals surface area contributed by atoms with E-state index in [1.807, 2.05) is 0 Å². The quantitative estimate of drug-likeness (QED) is 0.255. The lowest BCUT2D eigenvalue weighted by Gasteiger charge is -2.25. The summed E-state index contributed by atoms with van der Waals surface area (Å²) in [5.74, 6) is -0.535. The van der Waals surface area contributed by atoms with Gasteiger partial charge >= 0.3 is 19.2 Å². The fraction of sp³-hybridized carbons (Fsp3) is 0.350. The normalized spacial score (nSPS) is 14.7. The lowest BCUT2D eigenvalue weighted by Crippen LogP contribution is -2.22. The first-order chi connectivity index (χ1) is 14.1. The Morgan fingerprint density at radius 1 is 1.27 bits per heavy atom. The van der Waals surface area contributed by atoms with Gasteiger partial charge in [0, 0.05) is 16.6 Å². The largest absolute Gasteiger partial charge is 0.402 e. The monoisotopic (exact) mass is 505 g/mol. The molecule has 0 aliphatic rings. The summed E-state index contributed by atoms with van der Waals surface area (Å²) in [5, 5.41) is 0. The van der Waals surface area contributed by atoms with Gasteiger partial charge < -0.3 is 14.3 Å². The lowest BCUT2D eigenvalue weighted by molar-refractivity contribution is 0.0256. The number of hydrogen-bond acceptors (Lipinski definition) is 5. The maximum Gasteiger partial charge on any atom is 0.402 e. The number of carbonyl (C=O) groups is 1. The van der Waals surface area contributed by atoms with Crippen molar-refractivity contribution in [1.82, 2.24) is 5.48 Å². The number of benzene rings is 2. The highest BCUT2D eigenvalue weighted by Crippen LogP contribution is 2.64. The van der Waals surface area contributed by atoms with Crippen molar-refractivity contribution in [3.8, 4) is 0 Å². The van der Waals surface area contributed by atoms with Crippen LogP contribution in [0.5, 0.6) is 0 Å². The predicted octanol–water partition coefficient (Wildman–Crippen LogP) is 5.40. The van der Waals surface area contributed by atoms with E-state index >= 15 is 0 Å². The van der Waals surface area contributed by atoms with Crippen LogP contribution < -0.4 is 5.48 Å². The molecule has 0 saturated heterocycles. The first-order valence-electron chi connectivity index (χ1n) is 9.25. The van der Waals surface area contributed by atoms with Gasteiger partial charge in [-0.05, 0) is 43.5 Å². The zero-order chi connectivity index (χ0) is 22.4. The minimum Gasteiger partial charge on any atom is -0.367 e. The Kier molecular flexibility index (Phi) is 8.70. The second kappa shape index (κ2) is 10.6. The number of hydrogen-bond donors (Lipinski definition) is 2. The van der Waals surface area contributed by atoms with E-state index in [4.69, 9.17) is 9.36 Å². The molecule has 0 saturated carbocycles. The van der Waals surface area contributed by atoms with E-state index < -0.39 is 30.9 Å². The number of nitrogens with one attached hydrogen (secondary N) is 1. The van der Waals surface area contributed by atoms with Crippen LogP contribution in [0.3, 0.4) is 0 Å². The summed E-state index contributed by atoms with van der Waals surface area (Å²) in [6.07, 6.45) is -0.0932. The summed E-state index contributed by atoms with van der Waals surface area (Å²) in [4.78, 5) is 26.6. The van der Waals surface area contributed by atoms with Crippen molar-refractivity contribution in [2.75, 3.05) is 6.54 Å². The van der Waals surface area contributed by atoms with E-state index in [0.29, 0.717) is 24.0 Å². The SMILES string of the molecule is CCC(C)OP(=O)(O)C(F)(F)c1ccc(CCNOC(=O)c2ccccc2)cc1Br. The van der Waals surface area contributed by atoms with Crippen molar-refractivity contribution in [3.63, 3.8) is 0 Å². The van der Waals surface area contributed by atoms with Gasteiger partial charge in [0.2, 0.25) is 0 Å². The van der Waals surface area contributed by atoms with Gasteiger partial charge in [-0.1, -0.05) is 53.2 Å². The molecule has 2 aromatic rings. The van der Waals surface area contributed by atoms with E-state index in [0.717, 1.165) is 6.07 Å². The molecule has 0 spiro atoms. The summed E-state index contributed by atoms with van der Waals surface area (Å²) in [5.41, 5.74) is -1.13. The molecule has 2 atom stereocenters. The van der Waals surface area contributed by atoms with E-state index in [9.17, 15) is 23.0 Å². The van der Waals surface area contributed by atoms with Crippen molar-refractivity contribution in [2.24, 2.45) is 0 Å². The minimum atomic E-state index is -5.23. The van der Waals surface area contributed by atoms with Crippen LogP contribution in [0.4, 0.5) is 8.78 Å². The number of rotatable bonds is 10. The third-order valence-electron chi connectivity index (χ3n) is 4.30. The molecule has 0 heterocycles. The van der Waals surface area contributed by atoms with Crippen LogP contribution in [0.15, 0.2) is 53.0 Å². The Labute approximate surface area is 182 Å². The van der Waals surface area contributed by atoms with Gasteiger partial charge in [0.05, 0.1) is 11.7 Å². The molecule has 0 aliphatic heterocycles. The zero-order valence-electron chi connectivity index (χ0n) is 16.5. The highest BCUT2D eigenvalue weighted by atomic mass is 79.9. The minimum absolute atomic E-state index is 0.0201. The first-order valence-corrected chi connectivity index (χ1v) is 11.6. The molecular weight excluding hydrogens is 483 g/mol. The maximum atomic E-state index is 14.6. The van der Waals surface area contributed by atoms with Crippen molar-refractivity contribution < 1.29 is 32.4 Å². The van der Waals surface area contributed by atoms with Gasteiger partial charge in [0.1, 0.15) is 0 Å². The average molecular weight is 506 g/mol. The number of carbonyl (C=O) groups excluding carboxylic acids is 1. The highest BCUT2D eigenvalue weighted by Gasteiger charge is 2.54. The van der Waals surface area contributed by atoms with Crippen LogP contribution in [0.25, 0.3) is 0 Å². The molecule has 10 heteroatoms. The maximum absolute atomic E-state index is 14.6. The Morgan fingerprint density at radius 3 is 2.53 bits per heavy atom. The fourth-order valence-corrected chi connectivity index (χ4v) is 4.54. The van der Waals surface area contributed by atoms with Gasteiger partial charge in [-0.2, -0.15) is 14.3 Å². The van der Waals surface area contributed by atoms with Crippen molar-refractivity contribution in [3.05, 3.63) is 69.7 Å². The third-order valence-corrected chi connectivity index (χ3v) is 6.55.